The van der Waals surface area contributed by atoms with Gasteiger partial charge < -0.3 is 4.42 Å². The maximum absolute atomic E-state index is 10.0. The summed E-state index contributed by atoms with van der Waals surface area (Å²) >= 11 is 0. The molecule has 0 N–H and O–H groups in total. The predicted molar refractivity (Wildman–Crippen MR) is 162 cm³/mol. The molecule has 196 valence electrons. The molecule has 0 spiro atoms. The minimum atomic E-state index is 0.185. The fourth-order valence-corrected chi connectivity index (χ4v) is 5.54. The van der Waals surface area contributed by atoms with Crippen molar-refractivity contribution in [2.24, 2.45) is 12.5 Å². The smallest absolute Gasteiger partial charge is 0.228 e. The SMILES string of the molecule is Cc1ccc2c(oc3nc(C#N)c(-c4ccc(-c5ccccc5)cc4)cc32)c1-c1cc(CC(C)(C)C)cc[n+]1C. The average molecular weight is 523 g/mol. The molecule has 0 fully saturated rings. The first-order valence-electron chi connectivity index (χ1n) is 13.6. The second-order valence-corrected chi connectivity index (χ2v) is 11.8. The first kappa shape index (κ1) is 25.5. The van der Waals surface area contributed by atoms with Gasteiger partial charge in [-0.05, 0) is 52.6 Å². The number of nitriles is 1. The van der Waals surface area contributed by atoms with Gasteiger partial charge in [0, 0.05) is 28.5 Å². The van der Waals surface area contributed by atoms with Gasteiger partial charge in [-0.15, -0.1) is 0 Å². The van der Waals surface area contributed by atoms with E-state index in [4.69, 9.17) is 9.40 Å². The molecule has 6 rings (SSSR count). The fourth-order valence-electron chi connectivity index (χ4n) is 5.54. The summed E-state index contributed by atoms with van der Waals surface area (Å²) in [5, 5.41) is 11.9. The van der Waals surface area contributed by atoms with Crippen molar-refractivity contribution < 1.29 is 8.98 Å². The van der Waals surface area contributed by atoms with E-state index in [0.29, 0.717) is 11.4 Å². The number of aromatic nitrogens is 2. The lowest BCUT2D eigenvalue weighted by atomic mass is 9.88. The molecule has 3 aromatic carbocycles. The van der Waals surface area contributed by atoms with Gasteiger partial charge in [0.05, 0.1) is 5.56 Å². The number of furan rings is 1. The Morgan fingerprint density at radius 2 is 1.55 bits per heavy atom. The predicted octanol–water partition coefficient (Wildman–Crippen LogP) is 8.58. The number of nitrogens with zero attached hydrogens (tertiary/aromatic N) is 3. The van der Waals surface area contributed by atoms with Crippen molar-refractivity contribution in [1.82, 2.24) is 4.98 Å². The van der Waals surface area contributed by atoms with Crippen LogP contribution in [0.4, 0.5) is 0 Å². The second kappa shape index (κ2) is 9.77. The lowest BCUT2D eigenvalue weighted by molar-refractivity contribution is -0.660. The summed E-state index contributed by atoms with van der Waals surface area (Å²) in [6.45, 7) is 8.90. The van der Waals surface area contributed by atoms with E-state index in [2.05, 4.69) is 118 Å². The molecule has 0 saturated heterocycles. The molecule has 4 nitrogen and oxygen atoms in total. The van der Waals surface area contributed by atoms with Gasteiger partial charge >= 0.3 is 0 Å². The van der Waals surface area contributed by atoms with E-state index in [9.17, 15) is 5.26 Å². The van der Waals surface area contributed by atoms with Gasteiger partial charge in [0.1, 0.15) is 13.1 Å². The first-order chi connectivity index (χ1) is 19.2. The van der Waals surface area contributed by atoms with Gasteiger partial charge in [0.25, 0.3) is 0 Å². The van der Waals surface area contributed by atoms with E-state index in [1.165, 1.54) is 5.56 Å². The van der Waals surface area contributed by atoms with Crippen LogP contribution in [-0.2, 0) is 13.5 Å². The van der Waals surface area contributed by atoms with E-state index in [-0.39, 0.29) is 5.41 Å². The maximum Gasteiger partial charge on any atom is 0.228 e. The zero-order valence-electron chi connectivity index (χ0n) is 23.6. The van der Waals surface area contributed by atoms with E-state index < -0.39 is 0 Å². The molecule has 0 saturated carbocycles. The number of hydrogen-bond acceptors (Lipinski definition) is 3. The van der Waals surface area contributed by atoms with Crippen LogP contribution in [0.25, 0.3) is 55.6 Å². The topological polar surface area (TPSA) is 53.7 Å². The molecule has 6 aromatic rings. The van der Waals surface area contributed by atoms with Crippen molar-refractivity contribution in [3.05, 3.63) is 108 Å². The summed E-state index contributed by atoms with van der Waals surface area (Å²) in [6, 6.07) is 31.7. The summed E-state index contributed by atoms with van der Waals surface area (Å²) < 4.78 is 8.60. The van der Waals surface area contributed by atoms with Crippen molar-refractivity contribution in [2.75, 3.05) is 0 Å². The highest BCUT2D eigenvalue weighted by atomic mass is 16.3. The van der Waals surface area contributed by atoms with Gasteiger partial charge in [-0.25, -0.2) is 9.55 Å². The van der Waals surface area contributed by atoms with Crippen LogP contribution in [0.3, 0.4) is 0 Å². The minimum Gasteiger partial charge on any atom is -0.437 e. The van der Waals surface area contributed by atoms with Crippen LogP contribution in [0.5, 0.6) is 0 Å². The Kier molecular flexibility index (Phi) is 6.24. The normalized spacial score (nSPS) is 11.7. The van der Waals surface area contributed by atoms with Crippen LogP contribution in [0, 0.1) is 23.7 Å². The van der Waals surface area contributed by atoms with Crippen LogP contribution < -0.4 is 4.57 Å². The fraction of sp³-hybridized carbons (Fsp3) is 0.194. The highest BCUT2D eigenvalue weighted by Gasteiger charge is 2.24. The summed E-state index contributed by atoms with van der Waals surface area (Å²) in [5.41, 5.74) is 10.4. The van der Waals surface area contributed by atoms with Crippen molar-refractivity contribution in [3.63, 3.8) is 0 Å². The summed E-state index contributed by atoms with van der Waals surface area (Å²) in [4.78, 5) is 4.71. The van der Waals surface area contributed by atoms with Gasteiger partial charge in [0.15, 0.2) is 17.5 Å². The second-order valence-electron chi connectivity index (χ2n) is 11.8. The molecular weight excluding hydrogens is 490 g/mol. The zero-order valence-corrected chi connectivity index (χ0v) is 23.6. The molecule has 0 aliphatic heterocycles. The molecule has 3 aromatic heterocycles. The lowest BCUT2D eigenvalue weighted by Crippen LogP contribution is -2.31. The van der Waals surface area contributed by atoms with Crippen molar-refractivity contribution in [3.8, 4) is 39.6 Å². The van der Waals surface area contributed by atoms with Crippen molar-refractivity contribution in [1.29, 1.82) is 5.26 Å². The Morgan fingerprint density at radius 1 is 0.850 bits per heavy atom. The van der Waals surface area contributed by atoms with E-state index >= 15 is 0 Å². The van der Waals surface area contributed by atoms with E-state index in [0.717, 1.165) is 61.9 Å². The molecule has 3 heterocycles. The molecule has 0 unspecified atom stereocenters. The number of fused-ring (bicyclic) bond motifs is 3. The number of rotatable bonds is 4. The quantitative estimate of drug-likeness (QED) is 0.218. The van der Waals surface area contributed by atoms with Crippen molar-refractivity contribution >= 4 is 22.1 Å². The number of hydrogen-bond donors (Lipinski definition) is 0. The molecule has 0 aliphatic carbocycles. The van der Waals surface area contributed by atoms with Crippen molar-refractivity contribution in [2.45, 2.75) is 34.1 Å². The standard InChI is InChI=1S/C36H32N3O/c1-23-11-16-28-30-20-29(27-14-12-26(13-15-27)25-9-7-6-8-10-25)31(22-37)38-35(30)40-34(28)33(23)32-19-24(17-18-39(32)5)21-36(2,3)4/h6-20H,21H2,1-5H3/q+1. The van der Waals surface area contributed by atoms with E-state index in [1.54, 1.807) is 0 Å². The third-order valence-corrected chi connectivity index (χ3v) is 7.46. The molecule has 0 radical (unpaired) electrons. The molecule has 0 amide bonds. The Labute approximate surface area is 235 Å². The first-order valence-corrected chi connectivity index (χ1v) is 13.6. The molecule has 0 bridgehead atoms. The van der Waals surface area contributed by atoms with Crippen LogP contribution in [0.1, 0.15) is 37.6 Å². The zero-order chi connectivity index (χ0) is 28.0. The molecule has 40 heavy (non-hydrogen) atoms. The Hall–Kier alpha value is -4.75. The van der Waals surface area contributed by atoms with E-state index in [1.807, 2.05) is 18.2 Å². The summed E-state index contributed by atoms with van der Waals surface area (Å²) in [5.74, 6) is 0. The minimum absolute atomic E-state index is 0.185. The third kappa shape index (κ3) is 4.65. The van der Waals surface area contributed by atoms with Gasteiger partial charge in [-0.2, -0.15) is 5.26 Å². The maximum atomic E-state index is 10.0. The largest absolute Gasteiger partial charge is 0.437 e. The van der Waals surface area contributed by atoms with Gasteiger partial charge in [-0.3, -0.25) is 0 Å². The highest BCUT2D eigenvalue weighted by Crippen LogP contribution is 2.39. The molecule has 0 aliphatic rings. The van der Waals surface area contributed by atoms with Gasteiger partial charge in [0.2, 0.25) is 11.4 Å². The number of pyridine rings is 2. The summed E-state index contributed by atoms with van der Waals surface area (Å²) in [7, 11) is 2.07. The monoisotopic (exact) mass is 522 g/mol. The Bertz CT molecular complexity index is 1920. The Morgan fingerprint density at radius 3 is 2.25 bits per heavy atom. The van der Waals surface area contributed by atoms with Crippen LogP contribution >= 0.6 is 0 Å². The van der Waals surface area contributed by atoms with Crippen LogP contribution in [0.15, 0.2) is 95.5 Å². The van der Waals surface area contributed by atoms with Crippen LogP contribution in [-0.4, -0.2) is 4.98 Å². The number of aryl methyl sites for hydroxylation is 2. The molecular formula is C36H32N3O+. The average Bonchev–Trinajstić information content (AvgIpc) is 3.30. The lowest BCUT2D eigenvalue weighted by Gasteiger charge is -2.18. The Balaban J connectivity index is 1.51. The highest BCUT2D eigenvalue weighted by molar-refractivity contribution is 6.10. The number of benzene rings is 3. The third-order valence-electron chi connectivity index (χ3n) is 7.46. The molecule has 4 heteroatoms. The molecule has 0 atom stereocenters. The summed E-state index contributed by atoms with van der Waals surface area (Å²) in [6.07, 6.45) is 3.11. The van der Waals surface area contributed by atoms with Crippen LogP contribution in [0.2, 0.25) is 0 Å². The van der Waals surface area contributed by atoms with Gasteiger partial charge in [-0.1, -0.05) is 87.5 Å².